The highest BCUT2D eigenvalue weighted by atomic mass is 16.4. The van der Waals surface area contributed by atoms with E-state index in [1.54, 1.807) is 0 Å². The van der Waals surface area contributed by atoms with Crippen LogP contribution in [0.4, 0.5) is 0 Å². The van der Waals surface area contributed by atoms with E-state index in [1.165, 1.54) is 5.57 Å². The van der Waals surface area contributed by atoms with Crippen molar-refractivity contribution in [3.05, 3.63) is 11.6 Å². The van der Waals surface area contributed by atoms with E-state index < -0.39 is 12.1 Å². The SMILES string of the molecule is CC(C)=CCCC(C(=O)O)C1C(C(C)C)C[C@@]2(C)[C@H]1C[C@@H](O)[C@H]1[C@@]3(C)CC[C@@H](O)[C@@H](C)[C@@H]3CC[C@@]12C. The first-order valence-electron chi connectivity index (χ1n) is 14.9. The normalized spacial score (nSPS) is 49.1. The predicted molar refractivity (Wildman–Crippen MR) is 145 cm³/mol. The molecule has 4 rings (SSSR count). The zero-order valence-electron chi connectivity index (χ0n) is 24.3. The largest absolute Gasteiger partial charge is 0.481 e. The van der Waals surface area contributed by atoms with Crippen molar-refractivity contribution in [2.45, 2.75) is 119 Å². The fourth-order valence-electron chi connectivity index (χ4n) is 10.9. The summed E-state index contributed by atoms with van der Waals surface area (Å²) >= 11 is 0. The third-order valence-corrected chi connectivity index (χ3v) is 12.7. The fourth-order valence-corrected chi connectivity index (χ4v) is 10.9. The second-order valence-electron chi connectivity index (χ2n) is 14.8. The van der Waals surface area contributed by atoms with Crippen molar-refractivity contribution < 1.29 is 20.1 Å². The van der Waals surface area contributed by atoms with Crippen LogP contribution in [0.5, 0.6) is 0 Å². The van der Waals surface area contributed by atoms with Crippen LogP contribution < -0.4 is 0 Å². The first-order chi connectivity index (χ1) is 16.7. The molecule has 206 valence electrons. The van der Waals surface area contributed by atoms with Crippen LogP contribution in [0.15, 0.2) is 11.6 Å². The van der Waals surface area contributed by atoms with Crippen LogP contribution in [0.2, 0.25) is 0 Å². The monoisotopic (exact) mass is 502 g/mol. The molecule has 3 unspecified atom stereocenters. The Morgan fingerprint density at radius 2 is 1.67 bits per heavy atom. The number of rotatable bonds is 6. The van der Waals surface area contributed by atoms with Crippen LogP contribution in [0.1, 0.15) is 107 Å². The van der Waals surface area contributed by atoms with Gasteiger partial charge in [0.2, 0.25) is 0 Å². The number of carboxylic acid groups (broad SMARTS) is 1. The molecule has 0 saturated heterocycles. The second kappa shape index (κ2) is 9.70. The van der Waals surface area contributed by atoms with Crippen molar-refractivity contribution >= 4 is 5.97 Å². The maximum absolute atomic E-state index is 12.8. The van der Waals surface area contributed by atoms with Gasteiger partial charge < -0.3 is 15.3 Å². The Hall–Kier alpha value is -0.870. The Balaban J connectivity index is 1.75. The summed E-state index contributed by atoms with van der Waals surface area (Å²) in [5.41, 5.74) is 1.28. The topological polar surface area (TPSA) is 77.8 Å². The van der Waals surface area contributed by atoms with Gasteiger partial charge in [0.25, 0.3) is 0 Å². The molecular weight excluding hydrogens is 448 g/mol. The molecule has 4 aliphatic carbocycles. The highest BCUT2D eigenvalue weighted by molar-refractivity contribution is 5.70. The van der Waals surface area contributed by atoms with E-state index in [2.05, 4.69) is 61.5 Å². The molecule has 0 amide bonds. The summed E-state index contributed by atoms with van der Waals surface area (Å²) in [5.74, 6) is 1.07. The van der Waals surface area contributed by atoms with Crippen molar-refractivity contribution in [2.75, 3.05) is 0 Å². The molecule has 3 N–H and O–H groups in total. The van der Waals surface area contributed by atoms with E-state index in [9.17, 15) is 20.1 Å². The van der Waals surface area contributed by atoms with Gasteiger partial charge in [-0.1, -0.05) is 53.2 Å². The minimum absolute atomic E-state index is 0.0204. The number of aliphatic hydroxyl groups is 2. The van der Waals surface area contributed by atoms with E-state index in [0.717, 1.165) is 44.9 Å². The van der Waals surface area contributed by atoms with Crippen LogP contribution in [-0.4, -0.2) is 33.5 Å². The zero-order chi connectivity index (χ0) is 26.8. The Morgan fingerprint density at radius 3 is 2.25 bits per heavy atom. The van der Waals surface area contributed by atoms with Crippen LogP contribution in [-0.2, 0) is 4.79 Å². The van der Waals surface area contributed by atoms with Crippen LogP contribution in [0.3, 0.4) is 0 Å². The molecule has 0 bridgehead atoms. The van der Waals surface area contributed by atoms with Gasteiger partial charge in [-0.3, -0.25) is 4.79 Å². The zero-order valence-corrected chi connectivity index (χ0v) is 24.3. The third-order valence-electron chi connectivity index (χ3n) is 12.7. The molecule has 0 spiro atoms. The van der Waals surface area contributed by atoms with Gasteiger partial charge in [0.05, 0.1) is 18.1 Å². The molecule has 4 heteroatoms. The number of allylic oxidation sites excluding steroid dienone is 2. The number of aliphatic carboxylic acids is 1. The Kier molecular flexibility index (Phi) is 7.59. The summed E-state index contributed by atoms with van der Waals surface area (Å²) in [6.07, 6.45) is 8.86. The fraction of sp³-hybridized carbons (Fsp3) is 0.906. The first kappa shape index (κ1) is 28.1. The molecule has 12 atom stereocenters. The molecule has 0 aromatic rings. The molecule has 4 fully saturated rings. The Bertz CT molecular complexity index is 860. The number of carboxylic acids is 1. The summed E-state index contributed by atoms with van der Waals surface area (Å²) in [6, 6.07) is 0. The quantitative estimate of drug-likeness (QED) is 0.344. The van der Waals surface area contributed by atoms with Crippen LogP contribution in [0, 0.1) is 63.6 Å². The van der Waals surface area contributed by atoms with Crippen molar-refractivity contribution in [3.8, 4) is 0 Å². The number of hydrogen-bond donors (Lipinski definition) is 3. The predicted octanol–water partition coefficient (Wildman–Crippen LogP) is 6.94. The standard InChI is InChI=1S/C32H54O4/c1-18(2)10-9-11-21(29(35)36)27-22(19(3)4)17-32(8)24(27)16-26(34)28-30(6)14-13-25(33)20(5)23(30)12-15-31(28,32)7/h10,19-28,33-34H,9,11-17H2,1-8H3,(H,35,36)/t20-,21?,22?,23-,24-,25+,26+,27?,28-,30-,31-,32-/m0/s1. The smallest absolute Gasteiger partial charge is 0.306 e. The lowest BCUT2D eigenvalue weighted by Gasteiger charge is -2.69. The van der Waals surface area contributed by atoms with Crippen molar-refractivity contribution in [1.29, 1.82) is 0 Å². The number of carbonyl (C=O) groups is 1. The maximum Gasteiger partial charge on any atom is 0.306 e. The lowest BCUT2D eigenvalue weighted by atomic mass is 9.36. The highest BCUT2D eigenvalue weighted by Gasteiger charge is 2.71. The first-order valence-corrected chi connectivity index (χ1v) is 14.9. The molecular formula is C32H54O4. The Labute approximate surface area is 220 Å². The summed E-state index contributed by atoms with van der Waals surface area (Å²) in [6.45, 7) is 18.3. The van der Waals surface area contributed by atoms with E-state index >= 15 is 0 Å². The van der Waals surface area contributed by atoms with Gasteiger partial charge in [-0.05, 0) is 123 Å². The van der Waals surface area contributed by atoms with E-state index in [1.807, 2.05) is 0 Å². The minimum atomic E-state index is -0.649. The molecule has 0 aromatic carbocycles. The molecule has 4 nitrogen and oxygen atoms in total. The van der Waals surface area contributed by atoms with Crippen LogP contribution >= 0.6 is 0 Å². The molecule has 36 heavy (non-hydrogen) atoms. The summed E-state index contributed by atoms with van der Waals surface area (Å²) in [4.78, 5) is 12.8. The summed E-state index contributed by atoms with van der Waals surface area (Å²) in [7, 11) is 0. The molecule has 0 aliphatic heterocycles. The maximum atomic E-state index is 12.8. The summed E-state index contributed by atoms with van der Waals surface area (Å²) in [5, 5.41) is 33.1. The van der Waals surface area contributed by atoms with Crippen molar-refractivity contribution in [2.24, 2.45) is 63.6 Å². The molecule has 4 saturated carbocycles. The molecule has 0 radical (unpaired) electrons. The van der Waals surface area contributed by atoms with Gasteiger partial charge in [0, 0.05) is 0 Å². The van der Waals surface area contributed by atoms with E-state index in [-0.39, 0.29) is 51.9 Å². The lowest BCUT2D eigenvalue weighted by molar-refractivity contribution is -0.240. The van der Waals surface area contributed by atoms with Gasteiger partial charge in [0.1, 0.15) is 0 Å². The number of aliphatic hydroxyl groups excluding tert-OH is 2. The number of fused-ring (bicyclic) bond motifs is 5. The average molecular weight is 503 g/mol. The summed E-state index contributed by atoms with van der Waals surface area (Å²) < 4.78 is 0. The van der Waals surface area contributed by atoms with Gasteiger partial charge in [0.15, 0.2) is 0 Å². The molecule has 0 heterocycles. The second-order valence-corrected chi connectivity index (χ2v) is 14.8. The minimum Gasteiger partial charge on any atom is -0.481 e. The van der Waals surface area contributed by atoms with Crippen molar-refractivity contribution in [1.82, 2.24) is 0 Å². The highest BCUT2D eigenvalue weighted by Crippen LogP contribution is 2.75. The van der Waals surface area contributed by atoms with Crippen molar-refractivity contribution in [3.63, 3.8) is 0 Å². The number of hydrogen-bond acceptors (Lipinski definition) is 3. The van der Waals surface area contributed by atoms with Crippen LogP contribution in [0.25, 0.3) is 0 Å². The molecule has 4 aliphatic rings. The molecule has 0 aromatic heterocycles. The van der Waals surface area contributed by atoms with E-state index in [0.29, 0.717) is 24.2 Å². The third kappa shape index (κ3) is 4.12. The van der Waals surface area contributed by atoms with E-state index in [4.69, 9.17) is 0 Å². The van der Waals surface area contributed by atoms with Gasteiger partial charge in [-0.2, -0.15) is 0 Å². The van der Waals surface area contributed by atoms with Gasteiger partial charge in [-0.25, -0.2) is 0 Å². The van der Waals surface area contributed by atoms with Gasteiger partial charge >= 0.3 is 5.97 Å². The lowest BCUT2D eigenvalue weighted by Crippen LogP contribution is -2.66. The Morgan fingerprint density at radius 1 is 1.00 bits per heavy atom. The van der Waals surface area contributed by atoms with Gasteiger partial charge in [-0.15, -0.1) is 0 Å². The average Bonchev–Trinajstić information content (AvgIpc) is 3.07.